The summed E-state index contributed by atoms with van der Waals surface area (Å²) in [6.45, 7) is 0. The Kier molecular flexibility index (Phi) is 2.40. The fourth-order valence-corrected chi connectivity index (χ4v) is 1.02. The third-order valence-corrected chi connectivity index (χ3v) is 1.69. The van der Waals surface area contributed by atoms with Crippen molar-refractivity contribution in [2.24, 2.45) is 0 Å². The lowest BCUT2D eigenvalue weighted by molar-refractivity contribution is 0.102. The van der Waals surface area contributed by atoms with Gasteiger partial charge in [-0.25, -0.2) is 4.98 Å². The van der Waals surface area contributed by atoms with Crippen LogP contribution in [0.2, 0.25) is 0 Å². The molecule has 1 amide bonds. The van der Waals surface area contributed by atoms with E-state index in [1.807, 2.05) is 0 Å². The summed E-state index contributed by atoms with van der Waals surface area (Å²) in [5.74, 6) is -1.41. The van der Waals surface area contributed by atoms with Gasteiger partial charge < -0.3 is 9.84 Å². The van der Waals surface area contributed by atoms with Crippen molar-refractivity contribution in [3.05, 3.63) is 42.3 Å². The first-order valence-corrected chi connectivity index (χ1v) is 4.08. The highest BCUT2D eigenvalue weighted by molar-refractivity contribution is 6.03. The average molecular weight is 207 g/mol. The number of hydrogen-bond donors (Lipinski definition) is 1. The van der Waals surface area contributed by atoms with E-state index in [9.17, 15) is 9.18 Å². The number of amides is 1. The van der Waals surface area contributed by atoms with E-state index in [1.165, 1.54) is 30.8 Å². The number of halogens is 1. The largest absolute Gasteiger partial charge is 0.363 e. The van der Waals surface area contributed by atoms with Gasteiger partial charge in [-0.3, -0.25) is 4.79 Å². The maximum atomic E-state index is 13.1. The molecule has 0 unspecified atom stereocenters. The molecule has 2 aromatic heterocycles. The lowest BCUT2D eigenvalue weighted by Gasteiger charge is -2.01. The van der Waals surface area contributed by atoms with E-state index in [1.54, 1.807) is 0 Å². The Labute approximate surface area is 83.9 Å². The second-order valence-corrected chi connectivity index (χ2v) is 2.71. The number of anilines is 1. The van der Waals surface area contributed by atoms with Gasteiger partial charge >= 0.3 is 0 Å². The zero-order chi connectivity index (χ0) is 10.7. The van der Waals surface area contributed by atoms with Crippen LogP contribution in [0, 0.1) is 5.95 Å². The van der Waals surface area contributed by atoms with Crippen LogP contribution in [0.25, 0.3) is 0 Å². The second kappa shape index (κ2) is 3.87. The Hall–Kier alpha value is -2.24. The molecule has 0 atom stereocenters. The van der Waals surface area contributed by atoms with Crippen molar-refractivity contribution < 1.29 is 13.7 Å². The van der Waals surface area contributed by atoms with Gasteiger partial charge in [-0.2, -0.15) is 4.39 Å². The molecule has 2 rings (SSSR count). The minimum atomic E-state index is -0.813. The van der Waals surface area contributed by atoms with E-state index < -0.39 is 11.9 Å². The summed E-state index contributed by atoms with van der Waals surface area (Å²) in [5, 5.41) is 5.80. The highest BCUT2D eigenvalue weighted by atomic mass is 19.1. The molecule has 5 nitrogen and oxygen atoms in total. The van der Waals surface area contributed by atoms with Crippen molar-refractivity contribution in [2.45, 2.75) is 0 Å². The summed E-state index contributed by atoms with van der Waals surface area (Å²) in [5.41, 5.74) is 0.238. The third kappa shape index (κ3) is 1.98. The lowest BCUT2D eigenvalue weighted by atomic mass is 10.2. The number of aromatic nitrogens is 2. The van der Waals surface area contributed by atoms with Crippen LogP contribution in [0.1, 0.15) is 10.4 Å². The maximum Gasteiger partial charge on any atom is 0.260 e. The molecule has 0 aromatic carbocycles. The van der Waals surface area contributed by atoms with Crippen molar-refractivity contribution in [2.75, 3.05) is 5.32 Å². The zero-order valence-electron chi connectivity index (χ0n) is 7.48. The van der Waals surface area contributed by atoms with E-state index >= 15 is 0 Å². The van der Waals surface area contributed by atoms with E-state index in [0.717, 1.165) is 0 Å². The number of pyridine rings is 1. The first kappa shape index (κ1) is 9.32. The second-order valence-electron chi connectivity index (χ2n) is 2.71. The highest BCUT2D eigenvalue weighted by Gasteiger charge is 2.12. The molecule has 76 valence electrons. The lowest BCUT2D eigenvalue weighted by Crippen LogP contribution is -2.13. The molecule has 0 saturated heterocycles. The Morgan fingerprint density at radius 1 is 1.53 bits per heavy atom. The van der Waals surface area contributed by atoms with Crippen molar-refractivity contribution in [3.63, 3.8) is 0 Å². The summed E-state index contributed by atoms with van der Waals surface area (Å²) in [6.07, 6.45) is 3.82. The molecular formula is C9H6FN3O2. The Morgan fingerprint density at radius 3 is 3.07 bits per heavy atom. The van der Waals surface area contributed by atoms with Crippen LogP contribution in [-0.2, 0) is 0 Å². The van der Waals surface area contributed by atoms with Crippen molar-refractivity contribution >= 4 is 11.6 Å². The number of carbonyl (C=O) groups is 1. The third-order valence-electron chi connectivity index (χ3n) is 1.69. The standard InChI is InChI=1S/C9H6FN3O2/c10-8-7(2-1-3-11-8)9(14)13-6-4-12-15-5-6/h1-5H,(H,13,14). The Bertz CT molecular complexity index is 470. The predicted molar refractivity (Wildman–Crippen MR) is 48.7 cm³/mol. The molecule has 0 aliphatic rings. The molecule has 2 aromatic rings. The molecule has 6 heteroatoms. The van der Waals surface area contributed by atoms with Crippen LogP contribution >= 0.6 is 0 Å². The summed E-state index contributed by atoms with van der Waals surface area (Å²) < 4.78 is 17.6. The average Bonchev–Trinajstić information content (AvgIpc) is 2.71. The van der Waals surface area contributed by atoms with Crippen LogP contribution in [0.5, 0.6) is 0 Å². The molecule has 0 aliphatic carbocycles. The number of rotatable bonds is 2. The molecule has 0 saturated carbocycles. The molecule has 0 aliphatic heterocycles. The summed E-state index contributed by atoms with van der Waals surface area (Å²) >= 11 is 0. The predicted octanol–water partition coefficient (Wildman–Crippen LogP) is 1.46. The maximum absolute atomic E-state index is 13.1. The normalized spacial score (nSPS) is 9.93. The molecular weight excluding hydrogens is 201 g/mol. The molecule has 0 bridgehead atoms. The van der Waals surface area contributed by atoms with Gasteiger partial charge in [0.05, 0.1) is 11.8 Å². The number of nitrogens with zero attached hydrogens (tertiary/aromatic N) is 2. The zero-order valence-corrected chi connectivity index (χ0v) is 7.48. The van der Waals surface area contributed by atoms with Gasteiger partial charge in [0.2, 0.25) is 5.95 Å². The van der Waals surface area contributed by atoms with Gasteiger partial charge in [0, 0.05) is 6.20 Å². The molecule has 0 spiro atoms. The Morgan fingerprint density at radius 2 is 2.40 bits per heavy atom. The van der Waals surface area contributed by atoms with Gasteiger partial charge in [0.25, 0.3) is 5.91 Å². The molecule has 0 fully saturated rings. The first-order chi connectivity index (χ1) is 7.27. The van der Waals surface area contributed by atoms with Gasteiger partial charge in [0.15, 0.2) is 0 Å². The minimum absolute atomic E-state index is 0.126. The number of nitrogens with one attached hydrogen (secondary N) is 1. The van der Waals surface area contributed by atoms with E-state index in [-0.39, 0.29) is 5.56 Å². The summed E-state index contributed by atoms with van der Waals surface area (Å²) in [6, 6.07) is 2.82. The fourth-order valence-electron chi connectivity index (χ4n) is 1.02. The van der Waals surface area contributed by atoms with Gasteiger partial charge in [-0.15, -0.1) is 0 Å². The van der Waals surface area contributed by atoms with Crippen LogP contribution in [0.3, 0.4) is 0 Å². The quantitative estimate of drug-likeness (QED) is 0.757. The molecule has 2 heterocycles. The first-order valence-electron chi connectivity index (χ1n) is 4.08. The van der Waals surface area contributed by atoms with Gasteiger partial charge in [-0.1, -0.05) is 5.16 Å². The van der Waals surface area contributed by atoms with Gasteiger partial charge in [0.1, 0.15) is 12.0 Å². The monoisotopic (exact) mass is 207 g/mol. The van der Waals surface area contributed by atoms with Crippen LogP contribution in [0.15, 0.2) is 35.3 Å². The minimum Gasteiger partial charge on any atom is -0.363 e. The van der Waals surface area contributed by atoms with Crippen LogP contribution in [-0.4, -0.2) is 16.0 Å². The van der Waals surface area contributed by atoms with E-state index in [4.69, 9.17) is 0 Å². The highest BCUT2D eigenvalue weighted by Crippen LogP contribution is 2.09. The van der Waals surface area contributed by atoms with E-state index in [0.29, 0.717) is 5.69 Å². The smallest absolute Gasteiger partial charge is 0.260 e. The van der Waals surface area contributed by atoms with Crippen LogP contribution < -0.4 is 5.32 Å². The van der Waals surface area contributed by atoms with E-state index in [2.05, 4.69) is 20.0 Å². The Balaban J connectivity index is 2.19. The molecule has 1 N–H and O–H groups in total. The van der Waals surface area contributed by atoms with Gasteiger partial charge in [-0.05, 0) is 12.1 Å². The number of hydrogen-bond acceptors (Lipinski definition) is 4. The topological polar surface area (TPSA) is 68.0 Å². The molecule has 0 radical (unpaired) electrons. The SMILES string of the molecule is O=C(Nc1cnoc1)c1cccnc1F. The van der Waals surface area contributed by atoms with Crippen LogP contribution in [0.4, 0.5) is 10.1 Å². The van der Waals surface area contributed by atoms with Crippen molar-refractivity contribution in [1.29, 1.82) is 0 Å². The fraction of sp³-hybridized carbons (Fsp3) is 0. The number of carbonyl (C=O) groups excluding carboxylic acids is 1. The summed E-state index contributed by atoms with van der Waals surface area (Å²) in [4.78, 5) is 14.8. The summed E-state index contributed by atoms with van der Waals surface area (Å²) in [7, 11) is 0. The van der Waals surface area contributed by atoms with Crippen molar-refractivity contribution in [3.8, 4) is 0 Å². The van der Waals surface area contributed by atoms with Crippen molar-refractivity contribution in [1.82, 2.24) is 10.1 Å². The molecule has 15 heavy (non-hydrogen) atoms.